The number of hydrogen-bond acceptors (Lipinski definition) is 5. The Morgan fingerprint density at radius 2 is 1.88 bits per heavy atom. The van der Waals surface area contributed by atoms with E-state index in [0.29, 0.717) is 13.0 Å². The van der Waals surface area contributed by atoms with E-state index in [-0.39, 0.29) is 23.8 Å². The highest BCUT2D eigenvalue weighted by Gasteiger charge is 2.34. The van der Waals surface area contributed by atoms with Crippen molar-refractivity contribution in [2.45, 2.75) is 84.7 Å². The number of alkyl carbamates (subject to hydrolysis) is 1. The van der Waals surface area contributed by atoms with Crippen molar-refractivity contribution >= 4 is 12.0 Å². The lowest BCUT2D eigenvalue weighted by Gasteiger charge is -2.30. The zero-order valence-electron chi connectivity index (χ0n) is 20.4. The molecular formula is C25H41N3O4. The predicted octanol–water partition coefficient (Wildman–Crippen LogP) is 3.31. The third kappa shape index (κ3) is 8.79. The number of hydrogen-bond donors (Lipinski definition) is 3. The minimum absolute atomic E-state index is 0.107. The molecule has 180 valence electrons. The molecule has 7 heteroatoms. The van der Waals surface area contributed by atoms with Crippen LogP contribution in [-0.2, 0) is 16.1 Å². The molecule has 2 rings (SSSR count). The molecule has 7 nitrogen and oxygen atoms in total. The van der Waals surface area contributed by atoms with Gasteiger partial charge in [-0.2, -0.15) is 0 Å². The van der Waals surface area contributed by atoms with Crippen LogP contribution in [0, 0.1) is 11.8 Å². The van der Waals surface area contributed by atoms with Crippen LogP contribution < -0.4 is 10.6 Å². The second-order valence-corrected chi connectivity index (χ2v) is 10.4. The molecule has 1 saturated heterocycles. The van der Waals surface area contributed by atoms with Gasteiger partial charge in [0.05, 0.1) is 12.1 Å². The minimum atomic E-state index is -0.715. The maximum absolute atomic E-state index is 13.1. The van der Waals surface area contributed by atoms with Gasteiger partial charge in [-0.05, 0) is 57.6 Å². The maximum Gasteiger partial charge on any atom is 0.408 e. The van der Waals surface area contributed by atoms with E-state index in [4.69, 9.17) is 4.74 Å². The summed E-state index contributed by atoms with van der Waals surface area (Å²) in [5, 5.41) is 16.7. The summed E-state index contributed by atoms with van der Waals surface area (Å²) in [7, 11) is 0. The molecule has 4 atom stereocenters. The van der Waals surface area contributed by atoms with Crippen LogP contribution in [0.2, 0.25) is 0 Å². The first-order chi connectivity index (χ1) is 14.9. The molecule has 1 aromatic rings. The number of aliphatic hydroxyl groups is 1. The van der Waals surface area contributed by atoms with Gasteiger partial charge in [0.15, 0.2) is 0 Å². The SMILES string of the molecule is CC(C)CC(NC(=O)OC(C)(C)C)C(=O)NC1C(C)CCN(Cc2ccccc2)C[C@@H]1O. The first-order valence-electron chi connectivity index (χ1n) is 11.7. The van der Waals surface area contributed by atoms with Crippen LogP contribution in [0.15, 0.2) is 30.3 Å². The number of carbonyl (C=O) groups excluding carboxylic acids is 2. The largest absolute Gasteiger partial charge is 0.444 e. The Labute approximate surface area is 192 Å². The average Bonchev–Trinajstić information content (AvgIpc) is 2.80. The molecule has 0 saturated carbocycles. The maximum atomic E-state index is 13.1. The van der Waals surface area contributed by atoms with E-state index in [1.165, 1.54) is 5.56 Å². The Bertz CT molecular complexity index is 732. The number of nitrogens with one attached hydrogen (secondary N) is 2. The monoisotopic (exact) mass is 447 g/mol. The minimum Gasteiger partial charge on any atom is -0.444 e. The number of nitrogens with zero attached hydrogens (tertiary/aromatic N) is 1. The number of rotatable bonds is 7. The number of carbonyl (C=O) groups is 2. The Morgan fingerprint density at radius 1 is 1.22 bits per heavy atom. The molecular weight excluding hydrogens is 406 g/mol. The van der Waals surface area contributed by atoms with Crippen molar-refractivity contribution in [2.75, 3.05) is 13.1 Å². The molecule has 0 radical (unpaired) electrons. The van der Waals surface area contributed by atoms with Gasteiger partial charge in [-0.15, -0.1) is 0 Å². The number of aliphatic hydroxyl groups excluding tert-OH is 1. The number of amides is 2. The topological polar surface area (TPSA) is 90.9 Å². The van der Waals surface area contributed by atoms with Crippen molar-refractivity contribution in [3.8, 4) is 0 Å². The molecule has 0 aromatic heterocycles. The second kappa shape index (κ2) is 11.7. The van der Waals surface area contributed by atoms with E-state index in [1.807, 2.05) is 32.0 Å². The Kier molecular flexibility index (Phi) is 9.52. The molecule has 3 unspecified atom stereocenters. The third-order valence-electron chi connectivity index (χ3n) is 5.65. The Morgan fingerprint density at radius 3 is 2.47 bits per heavy atom. The summed E-state index contributed by atoms with van der Waals surface area (Å²) in [4.78, 5) is 27.6. The van der Waals surface area contributed by atoms with Crippen LogP contribution in [0.1, 0.15) is 59.9 Å². The molecule has 32 heavy (non-hydrogen) atoms. The summed E-state index contributed by atoms with van der Waals surface area (Å²) in [6.45, 7) is 13.5. The highest BCUT2D eigenvalue weighted by molar-refractivity contribution is 5.86. The van der Waals surface area contributed by atoms with E-state index >= 15 is 0 Å². The van der Waals surface area contributed by atoms with E-state index < -0.39 is 23.8 Å². The molecule has 1 heterocycles. The molecule has 0 spiro atoms. The van der Waals surface area contributed by atoms with Crippen molar-refractivity contribution in [3.63, 3.8) is 0 Å². The first kappa shape index (κ1) is 26.1. The van der Waals surface area contributed by atoms with Gasteiger partial charge in [-0.1, -0.05) is 51.1 Å². The molecule has 1 fully saturated rings. The third-order valence-corrected chi connectivity index (χ3v) is 5.65. The molecule has 1 aromatic carbocycles. The highest BCUT2D eigenvalue weighted by atomic mass is 16.6. The van der Waals surface area contributed by atoms with Crippen LogP contribution in [0.4, 0.5) is 4.79 Å². The zero-order chi connectivity index (χ0) is 23.9. The lowest BCUT2D eigenvalue weighted by Crippen LogP contribution is -2.55. The van der Waals surface area contributed by atoms with Gasteiger partial charge in [-0.3, -0.25) is 9.69 Å². The van der Waals surface area contributed by atoms with Gasteiger partial charge in [-0.25, -0.2) is 4.79 Å². The Hall–Kier alpha value is -2.12. The van der Waals surface area contributed by atoms with E-state index in [1.54, 1.807) is 20.8 Å². The Balaban J connectivity index is 2.03. The fourth-order valence-electron chi connectivity index (χ4n) is 4.06. The molecule has 2 amide bonds. The molecule has 0 aliphatic carbocycles. The summed E-state index contributed by atoms with van der Waals surface area (Å²) < 4.78 is 5.34. The van der Waals surface area contributed by atoms with Crippen molar-refractivity contribution in [3.05, 3.63) is 35.9 Å². The smallest absolute Gasteiger partial charge is 0.408 e. The predicted molar refractivity (Wildman–Crippen MR) is 126 cm³/mol. The van der Waals surface area contributed by atoms with Gasteiger partial charge in [0, 0.05) is 13.1 Å². The van der Waals surface area contributed by atoms with Crippen LogP contribution in [-0.4, -0.2) is 58.9 Å². The summed E-state index contributed by atoms with van der Waals surface area (Å²) in [5.41, 5.74) is 0.561. The molecule has 1 aliphatic heterocycles. The normalized spacial score (nSPS) is 23.3. The van der Waals surface area contributed by atoms with Crippen molar-refractivity contribution < 1.29 is 19.4 Å². The standard InChI is InChI=1S/C25H41N3O4/c1-17(2)14-20(26-24(31)32-25(4,5)6)23(30)27-22-18(3)12-13-28(16-21(22)29)15-19-10-8-7-9-11-19/h7-11,17-18,20-22,29H,12-16H2,1-6H3,(H,26,31)(H,27,30)/t18?,20?,21-,22?/m0/s1. The zero-order valence-corrected chi connectivity index (χ0v) is 20.4. The van der Waals surface area contributed by atoms with Crippen LogP contribution in [0.25, 0.3) is 0 Å². The number of benzene rings is 1. The number of likely N-dealkylation sites (tertiary alicyclic amines) is 1. The fourth-order valence-corrected chi connectivity index (χ4v) is 4.06. The van der Waals surface area contributed by atoms with Crippen LogP contribution >= 0.6 is 0 Å². The lowest BCUT2D eigenvalue weighted by atomic mass is 9.94. The molecule has 0 bridgehead atoms. The van der Waals surface area contributed by atoms with Crippen molar-refractivity contribution in [1.29, 1.82) is 0 Å². The summed E-state index contributed by atoms with van der Waals surface area (Å²) in [6.07, 6.45) is 0.0502. The van der Waals surface area contributed by atoms with Crippen molar-refractivity contribution in [1.82, 2.24) is 15.5 Å². The number of β-amino-alcohol motifs (C(OH)–C–C–N with tert-alkyl or cyclic N) is 1. The van der Waals surface area contributed by atoms with Crippen LogP contribution in [0.5, 0.6) is 0 Å². The summed E-state index contributed by atoms with van der Waals surface area (Å²) >= 11 is 0. The average molecular weight is 448 g/mol. The highest BCUT2D eigenvalue weighted by Crippen LogP contribution is 2.21. The van der Waals surface area contributed by atoms with E-state index in [2.05, 4.69) is 34.6 Å². The van der Waals surface area contributed by atoms with Gasteiger partial charge >= 0.3 is 6.09 Å². The quantitative estimate of drug-likeness (QED) is 0.597. The molecule has 3 N–H and O–H groups in total. The van der Waals surface area contributed by atoms with Gasteiger partial charge < -0.3 is 20.5 Å². The first-order valence-corrected chi connectivity index (χ1v) is 11.7. The summed E-state index contributed by atoms with van der Waals surface area (Å²) in [5.74, 6) is 0.0337. The van der Waals surface area contributed by atoms with E-state index in [0.717, 1.165) is 19.5 Å². The van der Waals surface area contributed by atoms with E-state index in [9.17, 15) is 14.7 Å². The van der Waals surface area contributed by atoms with Gasteiger partial charge in [0.25, 0.3) is 0 Å². The van der Waals surface area contributed by atoms with Gasteiger partial charge in [0.2, 0.25) is 5.91 Å². The van der Waals surface area contributed by atoms with Gasteiger partial charge in [0.1, 0.15) is 11.6 Å². The second-order valence-electron chi connectivity index (χ2n) is 10.4. The van der Waals surface area contributed by atoms with Crippen LogP contribution in [0.3, 0.4) is 0 Å². The molecule has 1 aliphatic rings. The summed E-state index contributed by atoms with van der Waals surface area (Å²) in [6, 6.07) is 9.10. The van der Waals surface area contributed by atoms with Crippen molar-refractivity contribution in [2.24, 2.45) is 11.8 Å². The number of ether oxygens (including phenoxy) is 1. The lowest BCUT2D eigenvalue weighted by molar-refractivity contribution is -0.125. The fraction of sp³-hybridized carbons (Fsp3) is 0.680.